The largest absolute Gasteiger partial charge is 0.481 e. The van der Waals surface area contributed by atoms with Crippen LogP contribution in [0.15, 0.2) is 0 Å². The molecule has 0 aromatic carbocycles. The van der Waals surface area contributed by atoms with Crippen molar-refractivity contribution in [3.05, 3.63) is 0 Å². The van der Waals surface area contributed by atoms with Crippen LogP contribution in [0.4, 0.5) is 0 Å². The molecule has 4 amide bonds. The van der Waals surface area contributed by atoms with E-state index in [0.717, 1.165) is 6.92 Å². The fourth-order valence-electron chi connectivity index (χ4n) is 3.17. The van der Waals surface area contributed by atoms with Crippen LogP contribution < -0.4 is 21.3 Å². The van der Waals surface area contributed by atoms with E-state index in [4.69, 9.17) is 15.3 Å². The number of carbonyl (C=O) groups is 9. The Kier molecular flexibility index (Phi) is 15.6. The Bertz CT molecular complexity index is 998. The van der Waals surface area contributed by atoms with Gasteiger partial charge in [0.05, 0.1) is 0 Å². The fourth-order valence-corrected chi connectivity index (χ4v) is 3.17. The van der Waals surface area contributed by atoms with Gasteiger partial charge in [0.25, 0.3) is 0 Å². The lowest BCUT2D eigenvalue weighted by Gasteiger charge is -2.18. The van der Waals surface area contributed by atoms with Crippen molar-refractivity contribution in [1.82, 2.24) is 21.3 Å². The third-order valence-corrected chi connectivity index (χ3v) is 5.20. The first-order valence-electron chi connectivity index (χ1n) is 11.8. The van der Waals surface area contributed by atoms with Gasteiger partial charge in [-0.25, -0.2) is 19.2 Å². The van der Waals surface area contributed by atoms with Crippen molar-refractivity contribution in [2.45, 2.75) is 82.5 Å². The number of hydrogen-bond donors (Lipinski definition) is 9. The minimum atomic E-state index is -1.61. The zero-order chi connectivity index (χ0) is 31.0. The van der Waals surface area contributed by atoms with Gasteiger partial charge in [-0.1, -0.05) is 0 Å². The lowest BCUT2D eigenvalue weighted by atomic mass is 10.1. The van der Waals surface area contributed by atoms with E-state index in [1.807, 2.05) is 0 Å². The number of carboxylic acids is 5. The van der Waals surface area contributed by atoms with Crippen molar-refractivity contribution in [2.75, 3.05) is 0 Å². The normalized spacial score (nSPS) is 13.4. The molecule has 0 aromatic rings. The number of hydrogen-bond acceptors (Lipinski definition) is 9. The Hall–Kier alpha value is -4.77. The summed E-state index contributed by atoms with van der Waals surface area (Å²) in [5.41, 5.74) is 0. The summed E-state index contributed by atoms with van der Waals surface area (Å²) in [4.78, 5) is 103. The standard InChI is InChI=1S/C22H32N4O14/c1-10(27)23-11(19(33)34)2-6-15(28)24-12(20(35)36)3-7-16(29)25-13(21(37)38)4-8-17(30)26-14(22(39)40)5-9-18(31)32/h11-14H,2-9H2,1H3,(H,23,27)(H,24,28)(H,25,29)(H,26,30)(H,31,32)(H,33,34)(H,35,36)(H,37,38)(H,39,40)/t11-,12-,13-,14-/m0/s1. The highest BCUT2D eigenvalue weighted by molar-refractivity contribution is 5.88. The lowest BCUT2D eigenvalue weighted by molar-refractivity contribution is -0.144. The molecule has 0 spiro atoms. The molecular weight excluding hydrogens is 544 g/mol. The van der Waals surface area contributed by atoms with Crippen molar-refractivity contribution in [2.24, 2.45) is 0 Å². The highest BCUT2D eigenvalue weighted by atomic mass is 16.4. The molecule has 224 valence electrons. The number of carboxylic acid groups (broad SMARTS) is 5. The Morgan fingerprint density at radius 1 is 0.450 bits per heavy atom. The maximum absolute atomic E-state index is 12.2. The molecular formula is C22H32N4O14. The summed E-state index contributed by atoms with van der Waals surface area (Å²) in [6.45, 7) is 1.07. The van der Waals surface area contributed by atoms with Crippen molar-refractivity contribution in [1.29, 1.82) is 0 Å². The van der Waals surface area contributed by atoms with Crippen LogP contribution in [0, 0.1) is 0 Å². The van der Waals surface area contributed by atoms with E-state index in [0.29, 0.717) is 0 Å². The van der Waals surface area contributed by atoms with E-state index in [1.165, 1.54) is 0 Å². The molecule has 18 heteroatoms. The number of rotatable bonds is 20. The SMILES string of the molecule is CC(=O)N[C@@H](CCC(=O)N[C@@H](CCC(=O)N[C@@H](CCC(=O)N[C@@H](CCC(=O)O)C(=O)O)C(=O)O)C(=O)O)C(=O)O. The summed E-state index contributed by atoms with van der Waals surface area (Å²) in [7, 11) is 0. The van der Waals surface area contributed by atoms with Crippen molar-refractivity contribution in [3.8, 4) is 0 Å². The third kappa shape index (κ3) is 15.5. The molecule has 4 atom stereocenters. The minimum Gasteiger partial charge on any atom is -0.481 e. The first-order valence-corrected chi connectivity index (χ1v) is 11.8. The second-order valence-corrected chi connectivity index (χ2v) is 8.51. The molecule has 0 radical (unpaired) electrons. The van der Waals surface area contributed by atoms with Gasteiger partial charge in [-0.2, -0.15) is 0 Å². The Morgan fingerprint density at radius 2 is 0.700 bits per heavy atom. The van der Waals surface area contributed by atoms with Gasteiger partial charge in [0.15, 0.2) is 0 Å². The molecule has 0 saturated heterocycles. The molecule has 18 nitrogen and oxygen atoms in total. The van der Waals surface area contributed by atoms with E-state index in [9.17, 15) is 53.4 Å². The number of carbonyl (C=O) groups excluding carboxylic acids is 4. The zero-order valence-electron chi connectivity index (χ0n) is 21.4. The Balaban J connectivity index is 4.86. The van der Waals surface area contributed by atoms with E-state index >= 15 is 0 Å². The topological polar surface area (TPSA) is 303 Å². The maximum atomic E-state index is 12.2. The first kappa shape index (κ1) is 35.2. The molecule has 0 heterocycles. The summed E-state index contributed by atoms with van der Waals surface area (Å²) in [6.07, 6.45) is -3.81. The molecule has 0 aromatic heterocycles. The molecule has 0 aliphatic heterocycles. The summed E-state index contributed by atoms with van der Waals surface area (Å²) < 4.78 is 0. The highest BCUT2D eigenvalue weighted by Crippen LogP contribution is 2.06. The van der Waals surface area contributed by atoms with Crippen molar-refractivity contribution in [3.63, 3.8) is 0 Å². The monoisotopic (exact) mass is 576 g/mol. The average molecular weight is 577 g/mol. The third-order valence-electron chi connectivity index (χ3n) is 5.20. The maximum Gasteiger partial charge on any atom is 0.326 e. The van der Waals surface area contributed by atoms with E-state index in [2.05, 4.69) is 21.3 Å². The van der Waals surface area contributed by atoms with E-state index < -0.39 is 123 Å². The second-order valence-electron chi connectivity index (χ2n) is 8.51. The first-order chi connectivity index (χ1) is 18.5. The van der Waals surface area contributed by atoms with E-state index in [1.54, 1.807) is 0 Å². The van der Waals surface area contributed by atoms with E-state index in [-0.39, 0.29) is 6.42 Å². The van der Waals surface area contributed by atoms with Crippen LogP contribution in [0.3, 0.4) is 0 Å². The number of nitrogens with one attached hydrogen (secondary N) is 4. The Morgan fingerprint density at radius 3 is 0.925 bits per heavy atom. The molecule has 9 N–H and O–H groups in total. The molecule has 0 unspecified atom stereocenters. The minimum absolute atomic E-state index is 0.339. The fraction of sp³-hybridized carbons (Fsp3) is 0.591. The lowest BCUT2D eigenvalue weighted by Crippen LogP contribution is -2.45. The van der Waals surface area contributed by atoms with Crippen molar-refractivity contribution >= 4 is 53.5 Å². The predicted molar refractivity (Wildman–Crippen MR) is 129 cm³/mol. The predicted octanol–water partition coefficient (Wildman–Crippen LogP) is -2.51. The molecule has 0 aliphatic carbocycles. The molecule has 0 aliphatic rings. The van der Waals surface area contributed by atoms with Crippen LogP contribution in [0.25, 0.3) is 0 Å². The van der Waals surface area contributed by atoms with Gasteiger partial charge in [0.2, 0.25) is 23.6 Å². The molecule has 0 bridgehead atoms. The van der Waals surface area contributed by atoms with Gasteiger partial charge in [0.1, 0.15) is 24.2 Å². The summed E-state index contributed by atoms with van der Waals surface area (Å²) in [6, 6.07) is -6.10. The Labute approximate surface area is 226 Å². The summed E-state index contributed by atoms with van der Waals surface area (Å²) >= 11 is 0. The van der Waals surface area contributed by atoms with Crippen LogP contribution in [0.2, 0.25) is 0 Å². The van der Waals surface area contributed by atoms with Gasteiger partial charge in [0, 0.05) is 32.6 Å². The number of aliphatic carboxylic acids is 5. The van der Waals surface area contributed by atoms with Crippen LogP contribution >= 0.6 is 0 Å². The molecule has 40 heavy (non-hydrogen) atoms. The van der Waals surface area contributed by atoms with Crippen LogP contribution in [0.5, 0.6) is 0 Å². The van der Waals surface area contributed by atoms with Crippen LogP contribution in [-0.2, 0) is 43.2 Å². The van der Waals surface area contributed by atoms with Gasteiger partial charge >= 0.3 is 29.8 Å². The van der Waals surface area contributed by atoms with Crippen LogP contribution in [-0.4, -0.2) is 103 Å². The highest BCUT2D eigenvalue weighted by Gasteiger charge is 2.27. The molecule has 0 saturated carbocycles. The second kappa shape index (κ2) is 17.7. The molecule has 0 rings (SSSR count). The molecule has 0 fully saturated rings. The summed E-state index contributed by atoms with van der Waals surface area (Å²) in [5.74, 6) is -10.6. The van der Waals surface area contributed by atoms with Crippen LogP contribution in [0.1, 0.15) is 58.3 Å². The van der Waals surface area contributed by atoms with Gasteiger partial charge in [-0.3, -0.25) is 24.0 Å². The smallest absolute Gasteiger partial charge is 0.326 e. The van der Waals surface area contributed by atoms with Gasteiger partial charge < -0.3 is 46.8 Å². The number of amides is 4. The quantitative estimate of drug-likeness (QED) is 0.0723. The van der Waals surface area contributed by atoms with Crippen molar-refractivity contribution < 1.29 is 68.7 Å². The van der Waals surface area contributed by atoms with Gasteiger partial charge in [-0.05, 0) is 25.7 Å². The average Bonchev–Trinajstić information content (AvgIpc) is 2.83. The van der Waals surface area contributed by atoms with Gasteiger partial charge in [-0.15, -0.1) is 0 Å². The summed E-state index contributed by atoms with van der Waals surface area (Å²) in [5, 5.41) is 53.7. The zero-order valence-corrected chi connectivity index (χ0v) is 21.4.